The molecule has 0 bridgehead atoms. The van der Waals surface area contributed by atoms with E-state index in [0.717, 1.165) is 18.4 Å². The fourth-order valence-corrected chi connectivity index (χ4v) is 1.75. The molecule has 3 heteroatoms. The Morgan fingerprint density at radius 3 is 2.22 bits per heavy atom. The second-order valence-corrected chi connectivity index (χ2v) is 4.80. The Kier molecular flexibility index (Phi) is 5.69. The largest absolute Gasteiger partial charge is 0.336 e. The first kappa shape index (κ1) is 14.6. The van der Waals surface area contributed by atoms with Gasteiger partial charge in [-0.1, -0.05) is 43.7 Å². The van der Waals surface area contributed by atoms with Crippen LogP contribution in [0.2, 0.25) is 0 Å². The molecule has 3 nitrogen and oxygen atoms in total. The normalized spacial score (nSPS) is 13.8. The molecule has 0 unspecified atom stereocenters. The number of carbonyl (C=O) groups is 1. The highest BCUT2D eigenvalue weighted by atomic mass is 16.2. The molecule has 0 spiro atoms. The van der Waals surface area contributed by atoms with Crippen LogP contribution in [0.4, 0.5) is 4.79 Å². The molecule has 0 aliphatic rings. The Hall–Kier alpha value is -1.51. The van der Waals surface area contributed by atoms with Crippen molar-refractivity contribution in [1.29, 1.82) is 0 Å². The lowest BCUT2D eigenvalue weighted by Gasteiger charge is -2.20. The Balaban J connectivity index is 2.61. The van der Waals surface area contributed by atoms with Crippen molar-refractivity contribution in [3.63, 3.8) is 0 Å². The van der Waals surface area contributed by atoms with Gasteiger partial charge >= 0.3 is 6.03 Å². The van der Waals surface area contributed by atoms with Gasteiger partial charge in [0, 0.05) is 6.04 Å². The second kappa shape index (κ2) is 7.04. The summed E-state index contributed by atoms with van der Waals surface area (Å²) in [4.78, 5) is 11.8. The molecule has 100 valence electrons. The molecular weight excluding hydrogens is 224 g/mol. The van der Waals surface area contributed by atoms with Crippen molar-refractivity contribution in [3.8, 4) is 0 Å². The van der Waals surface area contributed by atoms with Crippen molar-refractivity contribution < 1.29 is 4.79 Å². The van der Waals surface area contributed by atoms with E-state index in [1.807, 2.05) is 6.92 Å². The molecule has 2 amide bonds. The lowest BCUT2D eigenvalue weighted by atomic mass is 10.0. The van der Waals surface area contributed by atoms with Crippen LogP contribution in [0.5, 0.6) is 0 Å². The maximum Gasteiger partial charge on any atom is 0.315 e. The van der Waals surface area contributed by atoms with E-state index in [0.29, 0.717) is 0 Å². The highest BCUT2D eigenvalue weighted by Crippen LogP contribution is 2.16. The molecule has 0 fully saturated rings. The number of amides is 2. The number of urea groups is 1. The van der Waals surface area contributed by atoms with E-state index in [4.69, 9.17) is 0 Å². The highest BCUT2D eigenvalue weighted by molar-refractivity contribution is 5.74. The zero-order valence-electron chi connectivity index (χ0n) is 11.8. The molecule has 1 aromatic carbocycles. The first-order chi connectivity index (χ1) is 8.56. The van der Waals surface area contributed by atoms with Gasteiger partial charge in [-0.15, -0.1) is 0 Å². The minimum Gasteiger partial charge on any atom is -0.336 e. The minimum absolute atomic E-state index is 0.0784. The molecule has 1 aromatic rings. The zero-order chi connectivity index (χ0) is 13.5. The van der Waals surface area contributed by atoms with Crippen molar-refractivity contribution in [1.82, 2.24) is 10.6 Å². The number of rotatable bonds is 5. The number of aryl methyl sites for hydroxylation is 1. The Labute approximate surface area is 110 Å². The fraction of sp³-hybridized carbons (Fsp3) is 0.533. The minimum atomic E-state index is -0.0863. The van der Waals surface area contributed by atoms with Gasteiger partial charge in [-0.2, -0.15) is 0 Å². The SMILES string of the molecule is CC[C@@H](C)NC(=O)N[C@H](CC)c1ccc(C)cc1. The fourth-order valence-electron chi connectivity index (χ4n) is 1.75. The summed E-state index contributed by atoms with van der Waals surface area (Å²) in [5.41, 5.74) is 2.39. The smallest absolute Gasteiger partial charge is 0.315 e. The van der Waals surface area contributed by atoms with Gasteiger partial charge in [-0.05, 0) is 32.3 Å². The summed E-state index contributed by atoms with van der Waals surface area (Å²) >= 11 is 0. The summed E-state index contributed by atoms with van der Waals surface area (Å²) < 4.78 is 0. The van der Waals surface area contributed by atoms with Crippen molar-refractivity contribution in [2.24, 2.45) is 0 Å². The second-order valence-electron chi connectivity index (χ2n) is 4.80. The molecule has 0 aromatic heterocycles. The lowest BCUT2D eigenvalue weighted by Crippen LogP contribution is -2.42. The number of benzene rings is 1. The Bertz CT molecular complexity index is 373. The van der Waals surface area contributed by atoms with Crippen LogP contribution in [0.25, 0.3) is 0 Å². The predicted octanol–water partition coefficient (Wildman–Crippen LogP) is 3.54. The molecule has 0 radical (unpaired) electrons. The van der Waals surface area contributed by atoms with Crippen LogP contribution in [0.15, 0.2) is 24.3 Å². The predicted molar refractivity (Wildman–Crippen MR) is 75.6 cm³/mol. The van der Waals surface area contributed by atoms with E-state index in [-0.39, 0.29) is 18.1 Å². The standard InChI is InChI=1S/C15H24N2O/c1-5-12(4)16-15(18)17-14(6-2)13-9-7-11(3)8-10-13/h7-10,12,14H,5-6H2,1-4H3,(H2,16,17,18)/t12-,14-/m1/s1. The number of hydrogen-bond acceptors (Lipinski definition) is 1. The molecule has 0 heterocycles. The summed E-state index contributed by atoms with van der Waals surface area (Å²) in [7, 11) is 0. The van der Waals surface area contributed by atoms with Gasteiger partial charge in [-0.3, -0.25) is 0 Å². The molecule has 0 aliphatic heterocycles. The topological polar surface area (TPSA) is 41.1 Å². The van der Waals surface area contributed by atoms with Gasteiger partial charge in [0.05, 0.1) is 6.04 Å². The first-order valence-corrected chi connectivity index (χ1v) is 6.70. The van der Waals surface area contributed by atoms with E-state index in [9.17, 15) is 4.79 Å². The lowest BCUT2D eigenvalue weighted by molar-refractivity contribution is 0.233. The van der Waals surface area contributed by atoms with Crippen LogP contribution in [0.1, 0.15) is 50.8 Å². The number of nitrogens with one attached hydrogen (secondary N) is 2. The average molecular weight is 248 g/mol. The van der Waals surface area contributed by atoms with Gasteiger partial charge in [0.2, 0.25) is 0 Å². The monoisotopic (exact) mass is 248 g/mol. The van der Waals surface area contributed by atoms with E-state index < -0.39 is 0 Å². The maximum atomic E-state index is 11.8. The summed E-state index contributed by atoms with van der Waals surface area (Å²) in [5, 5.41) is 5.94. The zero-order valence-corrected chi connectivity index (χ0v) is 11.8. The Morgan fingerprint density at radius 2 is 1.72 bits per heavy atom. The van der Waals surface area contributed by atoms with Gasteiger partial charge < -0.3 is 10.6 Å². The first-order valence-electron chi connectivity index (χ1n) is 6.70. The summed E-state index contributed by atoms with van der Waals surface area (Å²) in [6.07, 6.45) is 1.83. The third-order valence-corrected chi connectivity index (χ3v) is 3.18. The molecular formula is C15H24N2O. The molecule has 0 saturated carbocycles. The molecule has 1 rings (SSSR count). The molecule has 18 heavy (non-hydrogen) atoms. The average Bonchev–Trinajstić information content (AvgIpc) is 2.37. The van der Waals surface area contributed by atoms with Crippen LogP contribution < -0.4 is 10.6 Å². The summed E-state index contributed by atoms with van der Waals surface area (Å²) in [5.74, 6) is 0. The third-order valence-electron chi connectivity index (χ3n) is 3.18. The van der Waals surface area contributed by atoms with Crippen LogP contribution in [0, 0.1) is 6.92 Å². The maximum absolute atomic E-state index is 11.8. The van der Waals surface area contributed by atoms with Crippen LogP contribution in [-0.4, -0.2) is 12.1 Å². The van der Waals surface area contributed by atoms with Gasteiger partial charge in [0.25, 0.3) is 0 Å². The van der Waals surface area contributed by atoms with Crippen LogP contribution >= 0.6 is 0 Å². The van der Waals surface area contributed by atoms with E-state index >= 15 is 0 Å². The summed E-state index contributed by atoms with van der Waals surface area (Å²) in [6, 6.07) is 8.51. The van der Waals surface area contributed by atoms with E-state index in [2.05, 4.69) is 55.7 Å². The van der Waals surface area contributed by atoms with Crippen LogP contribution in [-0.2, 0) is 0 Å². The van der Waals surface area contributed by atoms with Gasteiger partial charge in [0.1, 0.15) is 0 Å². The van der Waals surface area contributed by atoms with Crippen molar-refractivity contribution in [2.75, 3.05) is 0 Å². The quantitative estimate of drug-likeness (QED) is 0.822. The molecule has 0 saturated heterocycles. The molecule has 2 N–H and O–H groups in total. The third kappa shape index (κ3) is 4.40. The number of carbonyl (C=O) groups excluding carboxylic acids is 1. The number of hydrogen-bond donors (Lipinski definition) is 2. The molecule has 2 atom stereocenters. The van der Waals surface area contributed by atoms with E-state index in [1.165, 1.54) is 5.56 Å². The highest BCUT2D eigenvalue weighted by Gasteiger charge is 2.13. The molecule has 0 aliphatic carbocycles. The van der Waals surface area contributed by atoms with E-state index in [1.54, 1.807) is 0 Å². The van der Waals surface area contributed by atoms with Gasteiger partial charge in [-0.25, -0.2) is 4.79 Å². The summed E-state index contributed by atoms with van der Waals surface area (Å²) in [6.45, 7) is 8.20. The van der Waals surface area contributed by atoms with Gasteiger partial charge in [0.15, 0.2) is 0 Å². The Morgan fingerprint density at radius 1 is 1.11 bits per heavy atom. The van der Waals surface area contributed by atoms with Crippen molar-refractivity contribution >= 4 is 6.03 Å². The van der Waals surface area contributed by atoms with Crippen LogP contribution in [0.3, 0.4) is 0 Å². The van der Waals surface area contributed by atoms with Crippen molar-refractivity contribution in [2.45, 2.75) is 52.6 Å². The van der Waals surface area contributed by atoms with Crippen molar-refractivity contribution in [3.05, 3.63) is 35.4 Å².